The molecule has 8 aromatic heterocycles. The van der Waals surface area contributed by atoms with Gasteiger partial charge in [0, 0.05) is 152 Å². The summed E-state index contributed by atoms with van der Waals surface area (Å²) < 4.78 is 5.89. The Morgan fingerprint density at radius 3 is 1.47 bits per heavy atom. The van der Waals surface area contributed by atoms with Crippen LogP contribution in [-0.2, 0) is 5.41 Å². The van der Waals surface area contributed by atoms with E-state index < -0.39 is 0 Å². The van der Waals surface area contributed by atoms with E-state index in [0.29, 0.717) is 17.6 Å². The Morgan fingerprint density at radius 2 is 0.773 bits per heavy atom. The monoisotopic (exact) mass is 1710 g/mol. The van der Waals surface area contributed by atoms with Crippen LogP contribution in [0.25, 0.3) is 189 Å². The lowest BCUT2D eigenvalue weighted by Crippen LogP contribution is -2.20. The van der Waals surface area contributed by atoms with Crippen molar-refractivity contribution in [2.75, 3.05) is 9.80 Å². The molecule has 13 heteroatoms. The number of thiophene rings is 1. The van der Waals surface area contributed by atoms with Crippen LogP contribution in [0.4, 0.5) is 34.1 Å². The van der Waals surface area contributed by atoms with Crippen LogP contribution < -0.4 is 9.80 Å². The van der Waals surface area contributed by atoms with Crippen LogP contribution in [0.5, 0.6) is 0 Å². The first-order valence-corrected chi connectivity index (χ1v) is 45.2. The molecule has 26 rings (SSSR count). The third-order valence-electron chi connectivity index (χ3n) is 25.6. The minimum Gasteiger partial charge on any atom is -0.309 e. The topological polar surface area (TPSA) is 119 Å². The smallest absolute Gasteiger partial charge is 0.238 e. The number of para-hydroxylation sites is 6. The van der Waals surface area contributed by atoms with Crippen molar-refractivity contribution in [3.05, 3.63) is 460 Å². The number of hydrogen-bond acceptors (Lipinski definition) is 11. The zero-order valence-corrected chi connectivity index (χ0v) is 72.8. The fourth-order valence-corrected chi connectivity index (χ4v) is 21.2. The second-order valence-corrected chi connectivity index (χ2v) is 34.7. The number of hydrogen-bond donors (Lipinski definition) is 0. The number of benzene rings is 15. The van der Waals surface area contributed by atoms with Crippen molar-refractivity contribution < 1.29 is 0 Å². The average molecular weight is 1710 g/mol. The van der Waals surface area contributed by atoms with Gasteiger partial charge in [0.15, 0.2) is 11.6 Å². The second kappa shape index (κ2) is 32.9. The third-order valence-corrected chi connectivity index (χ3v) is 27.2. The second-order valence-electron chi connectivity index (χ2n) is 33.6. The summed E-state index contributed by atoms with van der Waals surface area (Å²) in [5.74, 6) is 1.75. The molecule has 0 N–H and O–H groups in total. The Balaban J connectivity index is 0.000000111. The summed E-state index contributed by atoms with van der Waals surface area (Å²) in [7, 11) is 0. The predicted molar refractivity (Wildman–Crippen MR) is 542 cm³/mol. The number of fused-ring (bicyclic) bond motifs is 22. The summed E-state index contributed by atoms with van der Waals surface area (Å²) >= 11 is 1.90. The molecule has 622 valence electrons. The Kier molecular flexibility index (Phi) is 19.5. The Morgan fingerprint density at radius 1 is 0.273 bits per heavy atom. The van der Waals surface area contributed by atoms with Crippen LogP contribution in [0.15, 0.2) is 450 Å². The van der Waals surface area contributed by atoms with Crippen molar-refractivity contribution in [3.8, 4) is 146 Å². The van der Waals surface area contributed by atoms with Crippen LogP contribution in [0.3, 0.4) is 0 Å². The van der Waals surface area contributed by atoms with Crippen LogP contribution >= 0.6 is 11.3 Å². The molecule has 132 heavy (non-hydrogen) atoms. The molecule has 15 aromatic carbocycles. The van der Waals surface area contributed by atoms with E-state index in [9.17, 15) is 0 Å². The lowest BCUT2D eigenvalue weighted by atomic mass is 9.84. The molecule has 0 amide bonds. The van der Waals surface area contributed by atoms with E-state index in [1.54, 1.807) is 0 Å². The fraction of sp³-hybridized carbons (Fsp3) is 0.0252. The first-order chi connectivity index (χ1) is 65.3. The number of anilines is 6. The number of rotatable bonds is 10. The van der Waals surface area contributed by atoms with E-state index >= 15 is 0 Å². The van der Waals surface area contributed by atoms with Gasteiger partial charge in [-0.3, -0.25) is 29.5 Å². The molecular weight excluding hydrogens is 1630 g/mol. The molecular formula is C119H80N12S. The van der Waals surface area contributed by atoms with Crippen molar-refractivity contribution in [3.63, 3.8) is 0 Å². The van der Waals surface area contributed by atoms with E-state index in [1.165, 1.54) is 70.2 Å². The highest BCUT2D eigenvalue weighted by Crippen LogP contribution is 2.59. The molecule has 12 nitrogen and oxygen atoms in total. The van der Waals surface area contributed by atoms with Gasteiger partial charge in [-0.15, -0.1) is 11.3 Å². The highest BCUT2D eigenvalue weighted by atomic mass is 32.1. The van der Waals surface area contributed by atoms with Gasteiger partial charge in [0.2, 0.25) is 5.95 Å². The summed E-state index contributed by atoms with van der Waals surface area (Å²) in [6, 6.07) is 145. The number of aromatic nitrogens is 10. The van der Waals surface area contributed by atoms with E-state index in [4.69, 9.17) is 39.9 Å². The minimum atomic E-state index is -0.280. The van der Waals surface area contributed by atoms with Crippen molar-refractivity contribution in [2.24, 2.45) is 0 Å². The summed E-state index contributed by atoms with van der Waals surface area (Å²) in [6.45, 7) is 4.58. The number of nitrogens with zero attached hydrogens (tertiary/aromatic N) is 12. The summed E-state index contributed by atoms with van der Waals surface area (Å²) in [4.78, 5) is 45.8. The van der Waals surface area contributed by atoms with Gasteiger partial charge in [0.25, 0.3) is 0 Å². The molecule has 2 aliphatic heterocycles. The van der Waals surface area contributed by atoms with E-state index in [-0.39, 0.29) is 5.41 Å². The van der Waals surface area contributed by atoms with Crippen LogP contribution in [0.1, 0.15) is 24.4 Å². The Bertz CT molecular complexity index is 8320. The van der Waals surface area contributed by atoms with Crippen molar-refractivity contribution in [2.45, 2.75) is 19.3 Å². The van der Waals surface area contributed by atoms with Crippen molar-refractivity contribution in [1.29, 1.82) is 0 Å². The van der Waals surface area contributed by atoms with Gasteiger partial charge in [0.05, 0.1) is 67.8 Å². The van der Waals surface area contributed by atoms with E-state index in [1.807, 2.05) is 115 Å². The zero-order valence-electron chi connectivity index (χ0n) is 72.0. The first-order valence-electron chi connectivity index (χ1n) is 44.4. The van der Waals surface area contributed by atoms with E-state index in [2.05, 4.69) is 379 Å². The van der Waals surface area contributed by atoms with Crippen LogP contribution in [-0.4, -0.2) is 49.0 Å². The third kappa shape index (κ3) is 13.3. The lowest BCUT2D eigenvalue weighted by Gasteiger charge is -2.28. The van der Waals surface area contributed by atoms with Crippen molar-refractivity contribution in [1.82, 2.24) is 49.0 Å². The molecule has 10 heterocycles. The first kappa shape index (κ1) is 78.2. The minimum absolute atomic E-state index is 0.280. The summed E-state index contributed by atoms with van der Waals surface area (Å²) in [5, 5.41) is 4.79. The van der Waals surface area contributed by atoms with Gasteiger partial charge in [-0.1, -0.05) is 322 Å². The van der Waals surface area contributed by atoms with Gasteiger partial charge in [-0.2, -0.15) is 9.97 Å². The van der Waals surface area contributed by atoms with Gasteiger partial charge in [-0.05, 0) is 144 Å². The fourth-order valence-electron chi connectivity index (χ4n) is 19.8. The molecule has 0 saturated carbocycles. The highest BCUT2D eigenvalue weighted by molar-refractivity contribution is 7.20. The standard InChI is InChI=1S/C46H30N4.C40H26N6.C33H24N2S/c1-3-13-31(14-4-1)33-27-34(45-37-18-8-7-15-32(37)23-26-48-45)29-36(28-33)49-41-21-11-9-19-38(41)44-39-20-10-12-22-42(39)50(35-16-5-2-6-17-35)46(44)40-30-47-25-24-43(40)49;1-4-15-27(16-5-1)38-42-39(28-17-6-2-7-18-28)44-40(43-38)46-34-25-14-26-41-36(34)35-30-21-10-12-23-32(30)45(29-19-8-3-9-20-29)33-24-13-11-22-31(33)37(35)46;1-33(2)31-29(34-19-20-35-31)25-16-9-8-15-24(25)28-27-18-10-17-26(30(27)36-32(28)33)23-14-7-6-13-22(23)21-11-4-3-5-12-21/h1-30H;1-26H;3-20H,1-2H3. The SMILES string of the molecule is CC1(C)c2nccnc2-c2ccccc2-c2c1sc1c(-c3ccccc3-c3ccccc3)cccc21.c1ccc(-c2cc(-c3nccc4ccccc34)cc(N3c4ccccc4-c4c(n(-c5ccccc5)c5ccccc45)-c4cnccc43)c2)cc1.c1ccc(-c2nc(-c3ccccc3)nc(-n3c4c(c5ncccc53)-c3ccccc3N(c3ccccc3)c3ccccc3-4)n2)cc1. The molecule has 0 spiro atoms. The maximum atomic E-state index is 5.17. The maximum Gasteiger partial charge on any atom is 0.238 e. The maximum absolute atomic E-state index is 5.17. The zero-order chi connectivity index (χ0) is 87.7. The predicted octanol–water partition coefficient (Wildman–Crippen LogP) is 30.7. The molecule has 1 aliphatic carbocycles. The molecule has 0 bridgehead atoms. The van der Waals surface area contributed by atoms with Crippen LogP contribution in [0.2, 0.25) is 0 Å². The number of pyridine rings is 3. The quantitative estimate of drug-likeness (QED) is 0.131. The Labute approximate surface area is 767 Å². The molecule has 23 aromatic rings. The van der Waals surface area contributed by atoms with Gasteiger partial charge in [-0.25, -0.2) is 4.98 Å². The van der Waals surface area contributed by atoms with Crippen LogP contribution in [0, 0.1) is 0 Å². The van der Waals surface area contributed by atoms with Gasteiger partial charge in [0.1, 0.15) is 0 Å². The molecule has 3 aliphatic rings. The summed E-state index contributed by atoms with van der Waals surface area (Å²) in [5.41, 5.74) is 35.9. The molecule has 0 radical (unpaired) electrons. The summed E-state index contributed by atoms with van der Waals surface area (Å²) in [6.07, 6.45) is 11.3. The molecule has 0 saturated heterocycles. The van der Waals surface area contributed by atoms with E-state index in [0.717, 1.165) is 146 Å². The van der Waals surface area contributed by atoms with Gasteiger partial charge < -0.3 is 14.4 Å². The highest BCUT2D eigenvalue weighted by Gasteiger charge is 2.40. The molecule has 0 fully saturated rings. The average Bonchev–Trinajstić information content (AvgIpc) is 1.57. The largest absolute Gasteiger partial charge is 0.309 e. The van der Waals surface area contributed by atoms with Crippen molar-refractivity contribution >= 4 is 88.3 Å². The lowest BCUT2D eigenvalue weighted by molar-refractivity contribution is 0.632. The Hall–Kier alpha value is -17.3. The molecule has 0 unspecified atom stereocenters. The normalized spacial score (nSPS) is 12.3. The molecule has 0 atom stereocenters. The van der Waals surface area contributed by atoms with Gasteiger partial charge >= 0.3 is 0 Å².